The van der Waals surface area contributed by atoms with Gasteiger partial charge in [0.2, 0.25) is 0 Å². The van der Waals surface area contributed by atoms with Crippen molar-refractivity contribution in [1.29, 1.82) is 0 Å². The number of carbonyl (C=O) groups is 1. The van der Waals surface area contributed by atoms with Crippen LogP contribution in [-0.2, 0) is 6.18 Å². The number of benzene rings is 2. The summed E-state index contributed by atoms with van der Waals surface area (Å²) in [5.41, 5.74) is 0.169. The maximum absolute atomic E-state index is 14.0. The molecule has 1 unspecified atom stereocenters. The highest BCUT2D eigenvalue weighted by molar-refractivity contribution is 7.99. The number of rotatable bonds is 2. The van der Waals surface area contributed by atoms with Crippen molar-refractivity contribution in [3.8, 4) is 0 Å². The number of amides is 2. The standard InChI is InChI=1S/C19H18F4N2OS/c20-16-4-2-1-3-15(16)17-9-10-25(11-12-27-17)18(26)24-14-7-5-13(6-8-14)19(21,22)23/h1-8,17H,9-12H2,(H,24,26). The van der Waals surface area contributed by atoms with E-state index in [1.54, 1.807) is 34.9 Å². The number of halogens is 4. The Balaban J connectivity index is 1.60. The van der Waals surface area contributed by atoms with Crippen LogP contribution in [0.1, 0.15) is 22.8 Å². The molecule has 1 aliphatic rings. The minimum absolute atomic E-state index is 0.0323. The van der Waals surface area contributed by atoms with Gasteiger partial charge in [-0.05, 0) is 36.8 Å². The lowest BCUT2D eigenvalue weighted by molar-refractivity contribution is -0.137. The summed E-state index contributed by atoms with van der Waals surface area (Å²) in [5, 5.41) is 2.59. The summed E-state index contributed by atoms with van der Waals surface area (Å²) in [6.07, 6.45) is -3.81. The van der Waals surface area contributed by atoms with Gasteiger partial charge in [-0.15, -0.1) is 0 Å². The summed E-state index contributed by atoms with van der Waals surface area (Å²) in [6.45, 7) is 0.931. The van der Waals surface area contributed by atoms with Crippen LogP contribution in [-0.4, -0.2) is 29.8 Å². The van der Waals surface area contributed by atoms with Gasteiger partial charge in [0.15, 0.2) is 0 Å². The van der Waals surface area contributed by atoms with E-state index in [9.17, 15) is 22.4 Å². The second kappa shape index (κ2) is 8.21. The lowest BCUT2D eigenvalue weighted by atomic mass is 10.1. The first-order valence-electron chi connectivity index (χ1n) is 8.44. The molecule has 2 aromatic carbocycles. The number of thioether (sulfide) groups is 1. The maximum atomic E-state index is 14.0. The maximum Gasteiger partial charge on any atom is 0.416 e. The van der Waals surface area contributed by atoms with Gasteiger partial charge in [0.1, 0.15) is 5.82 Å². The third-order valence-electron chi connectivity index (χ3n) is 4.34. The normalized spacial score (nSPS) is 18.1. The van der Waals surface area contributed by atoms with Crippen LogP contribution in [0, 0.1) is 5.82 Å². The molecule has 1 aliphatic heterocycles. The molecule has 0 aromatic heterocycles. The van der Waals surface area contributed by atoms with Gasteiger partial charge < -0.3 is 10.2 Å². The highest BCUT2D eigenvalue weighted by Crippen LogP contribution is 2.35. The summed E-state index contributed by atoms with van der Waals surface area (Å²) in [6, 6.07) is 10.6. The van der Waals surface area contributed by atoms with Gasteiger partial charge in [-0.25, -0.2) is 9.18 Å². The first-order valence-corrected chi connectivity index (χ1v) is 9.48. The summed E-state index contributed by atoms with van der Waals surface area (Å²) in [5.74, 6) is 0.400. The van der Waals surface area contributed by atoms with E-state index in [1.807, 2.05) is 0 Å². The van der Waals surface area contributed by atoms with Crippen molar-refractivity contribution >= 4 is 23.5 Å². The van der Waals surface area contributed by atoms with Crippen LogP contribution in [0.2, 0.25) is 0 Å². The Morgan fingerprint density at radius 2 is 1.78 bits per heavy atom. The van der Waals surface area contributed by atoms with Crippen LogP contribution in [0.15, 0.2) is 48.5 Å². The number of carbonyl (C=O) groups excluding carboxylic acids is 1. The van der Waals surface area contributed by atoms with Crippen LogP contribution in [0.25, 0.3) is 0 Å². The van der Waals surface area contributed by atoms with Crippen molar-refractivity contribution in [2.45, 2.75) is 17.8 Å². The average molecular weight is 398 g/mol. The third-order valence-corrected chi connectivity index (χ3v) is 5.65. The topological polar surface area (TPSA) is 32.3 Å². The SMILES string of the molecule is O=C(Nc1ccc(C(F)(F)F)cc1)N1CCSC(c2ccccc2F)CC1. The van der Waals surface area contributed by atoms with E-state index in [4.69, 9.17) is 0 Å². The molecule has 2 amide bonds. The number of hydrogen-bond donors (Lipinski definition) is 1. The Hall–Kier alpha value is -2.22. The molecule has 0 aliphatic carbocycles. The zero-order valence-electron chi connectivity index (χ0n) is 14.3. The molecule has 144 valence electrons. The van der Waals surface area contributed by atoms with E-state index in [0.29, 0.717) is 36.5 Å². The van der Waals surface area contributed by atoms with Gasteiger partial charge in [0, 0.05) is 35.3 Å². The highest BCUT2D eigenvalue weighted by atomic mass is 32.2. The Morgan fingerprint density at radius 3 is 2.44 bits per heavy atom. The Kier molecular flexibility index (Phi) is 5.94. The van der Waals surface area contributed by atoms with Gasteiger partial charge in [0.25, 0.3) is 0 Å². The number of alkyl halides is 3. The van der Waals surface area contributed by atoms with Crippen LogP contribution < -0.4 is 5.32 Å². The fourth-order valence-electron chi connectivity index (χ4n) is 2.90. The van der Waals surface area contributed by atoms with Gasteiger partial charge in [0.05, 0.1) is 5.56 Å². The second-order valence-corrected chi connectivity index (χ2v) is 7.47. The third kappa shape index (κ3) is 4.94. The monoisotopic (exact) mass is 398 g/mol. The molecule has 27 heavy (non-hydrogen) atoms. The molecule has 1 saturated heterocycles. The molecule has 0 radical (unpaired) electrons. The molecule has 0 saturated carbocycles. The van der Waals surface area contributed by atoms with E-state index in [0.717, 1.165) is 12.1 Å². The van der Waals surface area contributed by atoms with E-state index < -0.39 is 11.7 Å². The van der Waals surface area contributed by atoms with Crippen LogP contribution in [0.5, 0.6) is 0 Å². The number of urea groups is 1. The fraction of sp³-hybridized carbons (Fsp3) is 0.316. The largest absolute Gasteiger partial charge is 0.416 e. The zero-order chi connectivity index (χ0) is 19.4. The number of nitrogens with zero attached hydrogens (tertiary/aromatic N) is 1. The molecule has 1 N–H and O–H groups in total. The van der Waals surface area contributed by atoms with Crippen molar-refractivity contribution in [2.75, 3.05) is 24.2 Å². The molecule has 3 nitrogen and oxygen atoms in total. The lowest BCUT2D eigenvalue weighted by Gasteiger charge is -2.21. The molecule has 0 spiro atoms. The molecule has 2 aromatic rings. The molecule has 1 fully saturated rings. The molecule has 0 bridgehead atoms. The van der Waals surface area contributed by atoms with E-state index in [2.05, 4.69) is 5.32 Å². The van der Waals surface area contributed by atoms with Gasteiger partial charge >= 0.3 is 12.2 Å². The summed E-state index contributed by atoms with van der Waals surface area (Å²) in [4.78, 5) is 14.0. The Bertz CT molecular complexity index is 795. The van der Waals surface area contributed by atoms with Crippen LogP contribution in [0.3, 0.4) is 0 Å². The minimum Gasteiger partial charge on any atom is -0.324 e. The molecular weight excluding hydrogens is 380 g/mol. The van der Waals surface area contributed by atoms with E-state index in [-0.39, 0.29) is 17.1 Å². The van der Waals surface area contributed by atoms with Crippen molar-refractivity contribution in [2.24, 2.45) is 0 Å². The first kappa shape index (κ1) is 19.5. The molecule has 1 atom stereocenters. The summed E-state index contributed by atoms with van der Waals surface area (Å²) >= 11 is 1.60. The summed E-state index contributed by atoms with van der Waals surface area (Å²) in [7, 11) is 0. The minimum atomic E-state index is -4.41. The number of nitrogens with one attached hydrogen (secondary N) is 1. The molecule has 3 rings (SSSR count). The number of hydrogen-bond acceptors (Lipinski definition) is 2. The number of anilines is 1. The first-order chi connectivity index (χ1) is 12.8. The van der Waals surface area contributed by atoms with Crippen LogP contribution in [0.4, 0.5) is 28.0 Å². The molecule has 8 heteroatoms. The van der Waals surface area contributed by atoms with E-state index in [1.165, 1.54) is 18.2 Å². The van der Waals surface area contributed by atoms with E-state index >= 15 is 0 Å². The molecular formula is C19H18F4N2OS. The lowest BCUT2D eigenvalue weighted by Crippen LogP contribution is -2.36. The molecule has 1 heterocycles. The predicted octanol–water partition coefficient (Wildman–Crippen LogP) is 5.56. The van der Waals surface area contributed by atoms with Crippen molar-refractivity contribution in [3.63, 3.8) is 0 Å². The van der Waals surface area contributed by atoms with Gasteiger partial charge in [-0.2, -0.15) is 24.9 Å². The fourth-order valence-corrected chi connectivity index (χ4v) is 4.16. The highest BCUT2D eigenvalue weighted by Gasteiger charge is 2.30. The average Bonchev–Trinajstić information content (AvgIpc) is 2.88. The Labute approximate surface area is 158 Å². The van der Waals surface area contributed by atoms with Gasteiger partial charge in [-0.1, -0.05) is 18.2 Å². The van der Waals surface area contributed by atoms with Crippen molar-refractivity contribution < 1.29 is 22.4 Å². The van der Waals surface area contributed by atoms with Crippen molar-refractivity contribution in [1.82, 2.24) is 4.90 Å². The Morgan fingerprint density at radius 1 is 1.07 bits per heavy atom. The predicted molar refractivity (Wildman–Crippen MR) is 98.3 cm³/mol. The smallest absolute Gasteiger partial charge is 0.324 e. The van der Waals surface area contributed by atoms with Crippen molar-refractivity contribution in [3.05, 3.63) is 65.5 Å². The second-order valence-electron chi connectivity index (χ2n) is 6.16. The van der Waals surface area contributed by atoms with Gasteiger partial charge in [-0.3, -0.25) is 0 Å². The van der Waals surface area contributed by atoms with Crippen LogP contribution >= 0.6 is 11.8 Å². The quantitative estimate of drug-likeness (QED) is 0.672. The summed E-state index contributed by atoms with van der Waals surface area (Å²) < 4.78 is 51.8. The zero-order valence-corrected chi connectivity index (χ0v) is 15.1.